The van der Waals surface area contributed by atoms with Gasteiger partial charge >= 0.3 is 0 Å². The number of rotatable bonds is 4. The molecule has 0 N–H and O–H groups in total. The average molecular weight is 191 g/mol. The molecule has 0 saturated carbocycles. The Morgan fingerprint density at radius 1 is 1.43 bits per heavy atom. The minimum atomic E-state index is 0.746. The maximum Gasteiger partial charge on any atom is 0.150 e. The number of nitrogens with zero attached hydrogens (tertiary/aromatic N) is 1. The first-order chi connectivity index (χ1) is 6.69. The normalized spacial score (nSPS) is 9.93. The number of carbonyl (C=O) groups excluding carboxylic acids is 1. The monoisotopic (exact) mass is 191 g/mol. The van der Waals surface area contributed by atoms with E-state index in [1.165, 1.54) is 5.69 Å². The molecule has 0 amide bonds. The van der Waals surface area contributed by atoms with Crippen LogP contribution in [0.1, 0.15) is 29.3 Å². The van der Waals surface area contributed by atoms with Gasteiger partial charge in [-0.3, -0.25) is 4.79 Å². The van der Waals surface area contributed by atoms with Gasteiger partial charge in [-0.25, -0.2) is 0 Å². The summed E-state index contributed by atoms with van der Waals surface area (Å²) in [6.07, 6.45) is 2.02. The highest BCUT2D eigenvalue weighted by atomic mass is 16.1. The first-order valence-electron chi connectivity index (χ1n) is 4.96. The summed E-state index contributed by atoms with van der Waals surface area (Å²) < 4.78 is 0. The zero-order valence-corrected chi connectivity index (χ0v) is 9.08. The maximum atomic E-state index is 10.6. The van der Waals surface area contributed by atoms with Gasteiger partial charge in [0.1, 0.15) is 6.29 Å². The van der Waals surface area contributed by atoms with E-state index < -0.39 is 0 Å². The van der Waals surface area contributed by atoms with Crippen LogP contribution in [-0.4, -0.2) is 19.9 Å². The van der Waals surface area contributed by atoms with Crippen molar-refractivity contribution in [3.05, 3.63) is 29.3 Å². The summed E-state index contributed by atoms with van der Waals surface area (Å²) in [6, 6.07) is 5.80. The van der Waals surface area contributed by atoms with Crippen LogP contribution in [0.25, 0.3) is 0 Å². The van der Waals surface area contributed by atoms with Gasteiger partial charge in [0.15, 0.2) is 0 Å². The van der Waals surface area contributed by atoms with E-state index in [-0.39, 0.29) is 0 Å². The second kappa shape index (κ2) is 4.80. The van der Waals surface area contributed by atoms with Crippen molar-refractivity contribution in [2.45, 2.75) is 20.3 Å². The molecule has 0 bridgehead atoms. The average Bonchev–Trinajstić information content (AvgIpc) is 2.17. The molecule has 2 heteroatoms. The fraction of sp³-hybridized carbons (Fsp3) is 0.417. The Labute approximate surface area is 85.5 Å². The molecule has 0 aliphatic heterocycles. The molecular weight excluding hydrogens is 174 g/mol. The van der Waals surface area contributed by atoms with Crippen molar-refractivity contribution < 1.29 is 4.79 Å². The Morgan fingerprint density at radius 2 is 2.14 bits per heavy atom. The Kier molecular flexibility index (Phi) is 3.69. The highest BCUT2D eigenvalue weighted by Crippen LogP contribution is 2.19. The summed E-state index contributed by atoms with van der Waals surface area (Å²) >= 11 is 0. The second-order valence-corrected chi connectivity index (χ2v) is 3.59. The molecule has 0 heterocycles. The highest BCUT2D eigenvalue weighted by Gasteiger charge is 2.03. The molecule has 0 aromatic heterocycles. The van der Waals surface area contributed by atoms with Crippen molar-refractivity contribution in [2.75, 3.05) is 18.5 Å². The van der Waals surface area contributed by atoms with Gasteiger partial charge in [-0.15, -0.1) is 0 Å². The fourth-order valence-corrected chi connectivity index (χ4v) is 1.64. The summed E-state index contributed by atoms with van der Waals surface area (Å²) in [7, 11) is 2.08. The molecule has 2 nitrogen and oxygen atoms in total. The van der Waals surface area contributed by atoms with E-state index in [2.05, 4.69) is 18.9 Å². The summed E-state index contributed by atoms with van der Waals surface area (Å²) in [4.78, 5) is 12.8. The largest absolute Gasteiger partial charge is 0.374 e. The predicted molar refractivity (Wildman–Crippen MR) is 60.1 cm³/mol. The molecule has 0 aliphatic carbocycles. The standard InChI is InChI=1S/C12H17NO/c1-4-7-13(3)12-6-5-11(9-14)8-10(12)2/h5-6,8-9H,4,7H2,1-3H3. The maximum absolute atomic E-state index is 10.6. The fourth-order valence-electron chi connectivity index (χ4n) is 1.64. The first kappa shape index (κ1) is 10.8. The van der Waals surface area contributed by atoms with Gasteiger partial charge in [0, 0.05) is 24.8 Å². The lowest BCUT2D eigenvalue weighted by atomic mass is 10.1. The van der Waals surface area contributed by atoms with Gasteiger partial charge in [-0.05, 0) is 37.1 Å². The third-order valence-electron chi connectivity index (χ3n) is 2.33. The third kappa shape index (κ3) is 2.34. The van der Waals surface area contributed by atoms with E-state index in [1.807, 2.05) is 25.1 Å². The molecule has 0 saturated heterocycles. The van der Waals surface area contributed by atoms with E-state index in [1.54, 1.807) is 0 Å². The van der Waals surface area contributed by atoms with Crippen molar-refractivity contribution >= 4 is 12.0 Å². The second-order valence-electron chi connectivity index (χ2n) is 3.59. The molecule has 0 radical (unpaired) electrons. The highest BCUT2D eigenvalue weighted by molar-refractivity contribution is 5.76. The molecule has 14 heavy (non-hydrogen) atoms. The van der Waals surface area contributed by atoms with Crippen LogP contribution in [0.5, 0.6) is 0 Å². The SMILES string of the molecule is CCCN(C)c1ccc(C=O)cc1C. The van der Waals surface area contributed by atoms with Crippen LogP contribution in [0.2, 0.25) is 0 Å². The van der Waals surface area contributed by atoms with Crippen molar-refractivity contribution in [1.29, 1.82) is 0 Å². The number of carbonyl (C=O) groups is 1. The van der Waals surface area contributed by atoms with Gasteiger partial charge in [0.05, 0.1) is 0 Å². The van der Waals surface area contributed by atoms with Gasteiger partial charge in [-0.2, -0.15) is 0 Å². The molecule has 0 spiro atoms. The molecule has 1 rings (SSSR count). The number of aldehydes is 1. The number of benzene rings is 1. The summed E-state index contributed by atoms with van der Waals surface area (Å²) in [5.41, 5.74) is 3.11. The number of hydrogen-bond donors (Lipinski definition) is 0. The van der Waals surface area contributed by atoms with Gasteiger partial charge in [-0.1, -0.05) is 6.92 Å². The topological polar surface area (TPSA) is 20.3 Å². The van der Waals surface area contributed by atoms with Crippen LogP contribution in [0, 0.1) is 6.92 Å². The quantitative estimate of drug-likeness (QED) is 0.682. The molecule has 76 valence electrons. The van der Waals surface area contributed by atoms with Crippen molar-refractivity contribution in [2.24, 2.45) is 0 Å². The van der Waals surface area contributed by atoms with Crippen molar-refractivity contribution in [3.63, 3.8) is 0 Å². The van der Waals surface area contributed by atoms with E-state index in [4.69, 9.17) is 0 Å². The van der Waals surface area contributed by atoms with Crippen LogP contribution in [0.3, 0.4) is 0 Å². The minimum Gasteiger partial charge on any atom is -0.374 e. The summed E-state index contributed by atoms with van der Waals surface area (Å²) in [5.74, 6) is 0. The summed E-state index contributed by atoms with van der Waals surface area (Å²) in [5, 5.41) is 0. The molecule has 0 unspecified atom stereocenters. The van der Waals surface area contributed by atoms with Crippen molar-refractivity contribution in [3.8, 4) is 0 Å². The number of aryl methyl sites for hydroxylation is 1. The van der Waals surface area contributed by atoms with E-state index >= 15 is 0 Å². The third-order valence-corrected chi connectivity index (χ3v) is 2.33. The van der Waals surface area contributed by atoms with Crippen LogP contribution in [0.15, 0.2) is 18.2 Å². The Hall–Kier alpha value is -1.31. The molecular formula is C12H17NO. The lowest BCUT2D eigenvalue weighted by Gasteiger charge is -2.20. The lowest BCUT2D eigenvalue weighted by Crippen LogP contribution is -2.18. The van der Waals surface area contributed by atoms with E-state index in [9.17, 15) is 4.79 Å². The van der Waals surface area contributed by atoms with Crippen LogP contribution in [0.4, 0.5) is 5.69 Å². The van der Waals surface area contributed by atoms with Gasteiger partial charge in [0.25, 0.3) is 0 Å². The number of hydrogen-bond acceptors (Lipinski definition) is 2. The minimum absolute atomic E-state index is 0.746. The summed E-state index contributed by atoms with van der Waals surface area (Å²) in [6.45, 7) is 5.24. The van der Waals surface area contributed by atoms with Crippen LogP contribution in [-0.2, 0) is 0 Å². The lowest BCUT2D eigenvalue weighted by molar-refractivity contribution is 0.112. The predicted octanol–water partition coefficient (Wildman–Crippen LogP) is 2.65. The van der Waals surface area contributed by atoms with Crippen LogP contribution >= 0.6 is 0 Å². The molecule has 0 atom stereocenters. The van der Waals surface area contributed by atoms with Gasteiger partial charge < -0.3 is 4.90 Å². The van der Waals surface area contributed by atoms with E-state index in [0.29, 0.717) is 0 Å². The smallest absolute Gasteiger partial charge is 0.150 e. The Bertz CT molecular complexity index is 320. The Morgan fingerprint density at radius 3 is 2.64 bits per heavy atom. The van der Waals surface area contributed by atoms with Crippen molar-refractivity contribution in [1.82, 2.24) is 0 Å². The number of anilines is 1. The molecule has 1 aromatic carbocycles. The molecule has 1 aromatic rings. The Balaban J connectivity index is 2.93. The molecule has 0 aliphatic rings. The zero-order valence-electron chi connectivity index (χ0n) is 9.08. The van der Waals surface area contributed by atoms with Gasteiger partial charge in [0.2, 0.25) is 0 Å². The molecule has 0 fully saturated rings. The zero-order chi connectivity index (χ0) is 10.6. The van der Waals surface area contributed by atoms with E-state index in [0.717, 1.165) is 30.4 Å². The van der Waals surface area contributed by atoms with Crippen LogP contribution < -0.4 is 4.90 Å². The first-order valence-corrected chi connectivity index (χ1v) is 4.96.